The Bertz CT molecular complexity index is 835. The van der Waals surface area contributed by atoms with Gasteiger partial charge in [-0.05, 0) is 44.5 Å². The van der Waals surface area contributed by atoms with E-state index in [0.29, 0.717) is 5.52 Å². The van der Waals surface area contributed by atoms with Crippen molar-refractivity contribution < 1.29 is 8.78 Å². The molecule has 0 bridgehead atoms. The minimum Gasteiger partial charge on any atom is -0.369 e. The summed E-state index contributed by atoms with van der Waals surface area (Å²) in [6, 6.07) is 4.35. The van der Waals surface area contributed by atoms with Crippen LogP contribution in [0.25, 0.3) is 11.0 Å². The summed E-state index contributed by atoms with van der Waals surface area (Å²) in [4.78, 5) is 6.44. The molecular weight excluding hydrogens is 292 g/mol. The van der Waals surface area contributed by atoms with Gasteiger partial charge in [-0.25, -0.2) is 13.8 Å². The predicted octanol–water partition coefficient (Wildman–Crippen LogP) is 4.18. The van der Waals surface area contributed by atoms with Crippen molar-refractivity contribution in [3.05, 3.63) is 45.2 Å². The molecule has 3 nitrogen and oxygen atoms in total. The van der Waals surface area contributed by atoms with Gasteiger partial charge >= 0.3 is 0 Å². The van der Waals surface area contributed by atoms with Crippen LogP contribution in [0.4, 0.5) is 14.7 Å². The summed E-state index contributed by atoms with van der Waals surface area (Å²) in [5.74, 6) is -1.62. The van der Waals surface area contributed by atoms with Crippen molar-refractivity contribution in [3.8, 4) is 0 Å². The van der Waals surface area contributed by atoms with Gasteiger partial charge in [-0.2, -0.15) is 0 Å². The molecule has 1 aromatic carbocycles. The number of nitrogens with zero attached hydrogens (tertiary/aromatic N) is 2. The molecule has 0 fully saturated rings. The Hall–Kier alpha value is -1.95. The molecule has 2 heterocycles. The molecule has 0 aliphatic heterocycles. The van der Waals surface area contributed by atoms with E-state index in [4.69, 9.17) is 5.73 Å². The fourth-order valence-corrected chi connectivity index (χ4v) is 3.75. The summed E-state index contributed by atoms with van der Waals surface area (Å²) >= 11 is 1.67. The molecule has 0 saturated heterocycles. The van der Waals surface area contributed by atoms with Gasteiger partial charge in [-0.3, -0.25) is 0 Å². The summed E-state index contributed by atoms with van der Waals surface area (Å²) in [5.41, 5.74) is 7.46. The summed E-state index contributed by atoms with van der Waals surface area (Å²) in [6.45, 7) is 5.94. The van der Waals surface area contributed by atoms with Crippen LogP contribution < -0.4 is 5.73 Å². The third-order valence-electron chi connectivity index (χ3n) is 3.69. The fourth-order valence-electron chi connectivity index (χ4n) is 2.74. The highest BCUT2D eigenvalue weighted by Crippen LogP contribution is 2.34. The maximum absolute atomic E-state index is 14.2. The first kappa shape index (κ1) is 14.0. The van der Waals surface area contributed by atoms with Crippen LogP contribution >= 0.6 is 11.3 Å². The largest absolute Gasteiger partial charge is 0.369 e. The van der Waals surface area contributed by atoms with Gasteiger partial charge in [0.25, 0.3) is 0 Å². The molecule has 0 saturated carbocycles. The van der Waals surface area contributed by atoms with Gasteiger partial charge in [0.05, 0.1) is 11.6 Å². The van der Waals surface area contributed by atoms with Crippen molar-refractivity contribution in [3.63, 3.8) is 0 Å². The average Bonchev–Trinajstić information content (AvgIpc) is 2.93. The van der Waals surface area contributed by atoms with Gasteiger partial charge in [0.15, 0.2) is 11.6 Å². The minimum absolute atomic E-state index is 0.114. The number of halogens is 2. The zero-order valence-electron chi connectivity index (χ0n) is 11.9. The number of nitrogen functional groups attached to an aromatic ring is 1. The highest BCUT2D eigenvalue weighted by atomic mass is 32.1. The number of hydrogen-bond donors (Lipinski definition) is 1. The van der Waals surface area contributed by atoms with Crippen LogP contribution in [-0.4, -0.2) is 9.55 Å². The van der Waals surface area contributed by atoms with E-state index in [-0.39, 0.29) is 17.5 Å². The second kappa shape index (κ2) is 4.80. The van der Waals surface area contributed by atoms with Crippen molar-refractivity contribution in [1.29, 1.82) is 0 Å². The number of anilines is 1. The van der Waals surface area contributed by atoms with Crippen molar-refractivity contribution in [2.24, 2.45) is 0 Å². The Balaban J connectivity index is 2.27. The standard InChI is InChI=1S/C15H15F2N3S/c1-7-6-10(9(3)21-7)8(2)20-14-12(19-15(20)18)5-4-11(16)13(14)17/h4-6,8H,1-3H3,(H2,18,19). The number of hydrogen-bond acceptors (Lipinski definition) is 3. The first-order valence-corrected chi connectivity index (χ1v) is 7.40. The van der Waals surface area contributed by atoms with E-state index in [1.54, 1.807) is 15.9 Å². The van der Waals surface area contributed by atoms with E-state index >= 15 is 0 Å². The average molecular weight is 307 g/mol. The molecule has 0 amide bonds. The number of aromatic nitrogens is 2. The lowest BCUT2D eigenvalue weighted by atomic mass is 10.1. The smallest absolute Gasteiger partial charge is 0.201 e. The molecule has 6 heteroatoms. The quantitative estimate of drug-likeness (QED) is 0.771. The lowest BCUT2D eigenvalue weighted by Crippen LogP contribution is -2.11. The topological polar surface area (TPSA) is 43.8 Å². The van der Waals surface area contributed by atoms with Gasteiger partial charge in [0.1, 0.15) is 5.52 Å². The lowest BCUT2D eigenvalue weighted by molar-refractivity contribution is 0.509. The lowest BCUT2D eigenvalue weighted by Gasteiger charge is -2.16. The van der Waals surface area contributed by atoms with Crippen LogP contribution in [0.3, 0.4) is 0 Å². The number of rotatable bonds is 2. The maximum atomic E-state index is 14.2. The van der Waals surface area contributed by atoms with E-state index in [9.17, 15) is 8.78 Å². The third-order valence-corrected chi connectivity index (χ3v) is 4.67. The molecule has 2 N–H and O–H groups in total. The highest BCUT2D eigenvalue weighted by Gasteiger charge is 2.22. The zero-order valence-corrected chi connectivity index (χ0v) is 12.8. The van der Waals surface area contributed by atoms with E-state index in [0.717, 1.165) is 16.5 Å². The van der Waals surface area contributed by atoms with Crippen LogP contribution in [-0.2, 0) is 0 Å². The monoisotopic (exact) mass is 307 g/mol. The molecule has 1 unspecified atom stereocenters. The third kappa shape index (κ3) is 2.10. The van der Waals surface area contributed by atoms with Gasteiger partial charge in [0, 0.05) is 9.75 Å². The van der Waals surface area contributed by atoms with Crippen molar-refractivity contribution in [1.82, 2.24) is 9.55 Å². The maximum Gasteiger partial charge on any atom is 0.201 e. The minimum atomic E-state index is -0.909. The summed E-state index contributed by atoms with van der Waals surface area (Å²) in [7, 11) is 0. The second-order valence-electron chi connectivity index (χ2n) is 5.11. The molecule has 3 rings (SSSR count). The van der Waals surface area contributed by atoms with Gasteiger partial charge in [-0.1, -0.05) is 0 Å². The zero-order chi connectivity index (χ0) is 15.3. The Labute approximate surface area is 125 Å². The number of imidazole rings is 1. The summed E-state index contributed by atoms with van der Waals surface area (Å²) in [5, 5.41) is 0. The van der Waals surface area contributed by atoms with E-state index in [1.165, 1.54) is 10.9 Å². The molecule has 0 radical (unpaired) electrons. The molecule has 1 atom stereocenters. The molecule has 0 spiro atoms. The molecule has 0 aliphatic carbocycles. The van der Waals surface area contributed by atoms with Crippen LogP contribution in [0, 0.1) is 25.5 Å². The predicted molar refractivity (Wildman–Crippen MR) is 81.7 cm³/mol. The van der Waals surface area contributed by atoms with Crippen molar-refractivity contribution in [2.45, 2.75) is 26.8 Å². The van der Waals surface area contributed by atoms with Crippen LogP contribution in [0.5, 0.6) is 0 Å². The van der Waals surface area contributed by atoms with E-state index in [2.05, 4.69) is 4.98 Å². The molecule has 110 valence electrons. The molecule has 0 aliphatic rings. The Morgan fingerprint density at radius 1 is 1.29 bits per heavy atom. The van der Waals surface area contributed by atoms with Gasteiger partial charge in [-0.15, -0.1) is 11.3 Å². The molecule has 3 aromatic rings. The van der Waals surface area contributed by atoms with Crippen molar-refractivity contribution >= 4 is 28.3 Å². The Kier molecular flexibility index (Phi) is 3.20. The Morgan fingerprint density at radius 2 is 2.00 bits per heavy atom. The number of aryl methyl sites for hydroxylation is 2. The molecule has 21 heavy (non-hydrogen) atoms. The summed E-state index contributed by atoms with van der Waals surface area (Å²) in [6.07, 6.45) is 0. The van der Waals surface area contributed by atoms with Gasteiger partial charge < -0.3 is 10.3 Å². The highest BCUT2D eigenvalue weighted by molar-refractivity contribution is 7.12. The molecular formula is C15H15F2N3S. The second-order valence-corrected chi connectivity index (χ2v) is 6.57. The SMILES string of the molecule is Cc1cc(C(C)n2c(N)nc3ccc(F)c(F)c32)c(C)s1. The number of fused-ring (bicyclic) bond motifs is 1. The van der Waals surface area contributed by atoms with Crippen LogP contribution in [0.1, 0.15) is 28.3 Å². The first-order chi connectivity index (χ1) is 9.90. The van der Waals surface area contributed by atoms with Crippen LogP contribution in [0.15, 0.2) is 18.2 Å². The summed E-state index contributed by atoms with van der Waals surface area (Å²) < 4.78 is 29.3. The van der Waals surface area contributed by atoms with E-state index in [1.807, 2.05) is 26.8 Å². The Morgan fingerprint density at radius 3 is 2.62 bits per heavy atom. The van der Waals surface area contributed by atoms with Gasteiger partial charge in [0.2, 0.25) is 5.95 Å². The van der Waals surface area contributed by atoms with E-state index < -0.39 is 11.6 Å². The van der Waals surface area contributed by atoms with Crippen LogP contribution in [0.2, 0.25) is 0 Å². The fraction of sp³-hybridized carbons (Fsp3) is 0.267. The van der Waals surface area contributed by atoms with Crippen molar-refractivity contribution in [2.75, 3.05) is 5.73 Å². The normalized spacial score (nSPS) is 13.0. The number of nitrogens with two attached hydrogens (primary N) is 1. The number of thiophene rings is 1. The first-order valence-electron chi connectivity index (χ1n) is 6.58. The molecule has 2 aromatic heterocycles. The number of benzene rings is 1.